The van der Waals surface area contributed by atoms with Crippen LogP contribution in [0.4, 0.5) is 0 Å². The summed E-state index contributed by atoms with van der Waals surface area (Å²) in [6, 6.07) is 0. The van der Waals surface area contributed by atoms with Crippen molar-refractivity contribution in [2.45, 2.75) is 118 Å². The fourth-order valence-corrected chi connectivity index (χ4v) is 4.95. The third kappa shape index (κ3) is 4.54. The Kier molecular flexibility index (Phi) is 5.90. The predicted octanol–water partition coefficient (Wildman–Crippen LogP) is 5.84. The molecule has 1 fully saturated rings. The number of hydrogen-bond donors (Lipinski definition) is 0. The normalized spacial score (nSPS) is 27.2. The molecule has 2 aliphatic rings. The van der Waals surface area contributed by atoms with E-state index in [9.17, 15) is 4.79 Å². The number of nitrogens with zero attached hydrogens (tertiary/aromatic N) is 1. The molecule has 0 amide bonds. The molecule has 3 heteroatoms. The Morgan fingerprint density at radius 3 is 2.08 bits per heavy atom. The number of allylic oxidation sites excluding steroid dienone is 1. The first-order valence-corrected chi connectivity index (χ1v) is 10.0. The van der Waals surface area contributed by atoms with Crippen LogP contribution in [0.5, 0.6) is 0 Å². The molecular formula is C22H39NO2. The van der Waals surface area contributed by atoms with E-state index in [0.717, 1.165) is 25.7 Å². The molecule has 0 aromatic carbocycles. The highest BCUT2D eigenvalue weighted by Gasteiger charge is 2.44. The van der Waals surface area contributed by atoms with Crippen LogP contribution in [0.25, 0.3) is 0 Å². The van der Waals surface area contributed by atoms with E-state index in [0.29, 0.717) is 0 Å². The highest BCUT2D eigenvalue weighted by atomic mass is 16.7. The van der Waals surface area contributed by atoms with Gasteiger partial charge in [0.25, 0.3) is 0 Å². The van der Waals surface area contributed by atoms with Gasteiger partial charge in [-0.2, -0.15) is 5.06 Å². The van der Waals surface area contributed by atoms with Gasteiger partial charge in [0.15, 0.2) is 5.78 Å². The first-order valence-electron chi connectivity index (χ1n) is 10.0. The third-order valence-electron chi connectivity index (χ3n) is 6.44. The maximum absolute atomic E-state index is 12.5. The van der Waals surface area contributed by atoms with E-state index >= 15 is 0 Å². The molecule has 0 aromatic rings. The summed E-state index contributed by atoms with van der Waals surface area (Å²) in [4.78, 5) is 18.9. The number of Topliss-reactive ketones (excluding diaryl/α,β-unsaturated/α-hetero) is 1. The number of hydrogen-bond acceptors (Lipinski definition) is 3. The molecule has 144 valence electrons. The molecule has 1 atom stereocenters. The van der Waals surface area contributed by atoms with Crippen molar-refractivity contribution in [2.75, 3.05) is 0 Å². The minimum Gasteiger partial charge on any atom is -0.297 e. The van der Waals surface area contributed by atoms with Crippen LogP contribution in [-0.4, -0.2) is 28.0 Å². The van der Waals surface area contributed by atoms with Crippen molar-refractivity contribution in [1.29, 1.82) is 0 Å². The first kappa shape index (κ1) is 20.6. The monoisotopic (exact) mass is 349 g/mol. The Labute approximate surface area is 155 Å². The SMILES string of the molecule is CC(=O)C(CC1=C(C)CCCC1(C)C)ON1C(C)(C)CCCC1(C)C. The van der Waals surface area contributed by atoms with Crippen LogP contribution in [0, 0.1) is 5.41 Å². The van der Waals surface area contributed by atoms with Crippen LogP contribution in [0.1, 0.15) is 100 Å². The van der Waals surface area contributed by atoms with Gasteiger partial charge < -0.3 is 0 Å². The van der Waals surface area contributed by atoms with Crippen molar-refractivity contribution in [3.63, 3.8) is 0 Å². The third-order valence-corrected chi connectivity index (χ3v) is 6.44. The van der Waals surface area contributed by atoms with E-state index in [4.69, 9.17) is 4.84 Å². The molecule has 1 aliphatic carbocycles. The summed E-state index contributed by atoms with van der Waals surface area (Å²) < 4.78 is 0. The van der Waals surface area contributed by atoms with E-state index < -0.39 is 0 Å². The van der Waals surface area contributed by atoms with Crippen molar-refractivity contribution in [2.24, 2.45) is 5.41 Å². The Morgan fingerprint density at radius 2 is 1.60 bits per heavy atom. The zero-order valence-corrected chi connectivity index (χ0v) is 17.8. The number of carbonyl (C=O) groups is 1. The lowest BCUT2D eigenvalue weighted by atomic mass is 9.71. The Balaban J connectivity index is 2.25. The molecule has 0 saturated carbocycles. The van der Waals surface area contributed by atoms with Crippen molar-refractivity contribution in [1.82, 2.24) is 5.06 Å². The maximum atomic E-state index is 12.5. The summed E-state index contributed by atoms with van der Waals surface area (Å²) in [6.45, 7) is 17.5. The minimum absolute atomic E-state index is 0.0407. The summed E-state index contributed by atoms with van der Waals surface area (Å²) >= 11 is 0. The molecular weight excluding hydrogens is 310 g/mol. The Hall–Kier alpha value is -0.670. The molecule has 25 heavy (non-hydrogen) atoms. The quantitative estimate of drug-likeness (QED) is 0.584. The van der Waals surface area contributed by atoms with Crippen LogP contribution >= 0.6 is 0 Å². The number of hydroxylamine groups is 2. The lowest BCUT2D eigenvalue weighted by molar-refractivity contribution is -0.298. The van der Waals surface area contributed by atoms with Crippen LogP contribution in [0.3, 0.4) is 0 Å². The highest BCUT2D eigenvalue weighted by Crippen LogP contribution is 2.44. The zero-order valence-electron chi connectivity index (χ0n) is 17.8. The molecule has 0 aromatic heterocycles. The second kappa shape index (κ2) is 7.15. The van der Waals surface area contributed by atoms with E-state index in [1.165, 1.54) is 30.4 Å². The standard InChI is InChI=1S/C22H39NO2/c1-16-11-9-12-20(3,4)18(16)15-19(17(2)24)25-23-21(5,6)13-10-14-22(23,7)8/h19H,9-15H2,1-8H3. The molecule has 0 bridgehead atoms. The van der Waals surface area contributed by atoms with E-state index in [2.05, 4.69) is 53.5 Å². The average molecular weight is 350 g/mol. The Bertz CT molecular complexity index is 526. The van der Waals surface area contributed by atoms with Crippen LogP contribution < -0.4 is 0 Å². The second-order valence-corrected chi connectivity index (χ2v) is 10.2. The second-order valence-electron chi connectivity index (χ2n) is 10.2. The molecule has 1 unspecified atom stereocenters. The number of ketones is 1. The van der Waals surface area contributed by atoms with Gasteiger partial charge in [0.2, 0.25) is 0 Å². The fraction of sp³-hybridized carbons (Fsp3) is 0.864. The number of rotatable bonds is 5. The van der Waals surface area contributed by atoms with Gasteiger partial charge in [0.1, 0.15) is 6.10 Å². The average Bonchev–Trinajstić information content (AvgIpc) is 2.43. The molecule has 3 nitrogen and oxygen atoms in total. The van der Waals surface area contributed by atoms with Crippen molar-refractivity contribution >= 4 is 5.78 Å². The lowest BCUT2D eigenvalue weighted by Crippen LogP contribution is -2.59. The molecule has 1 saturated heterocycles. The molecule has 1 heterocycles. The van der Waals surface area contributed by atoms with Crippen LogP contribution in [0.15, 0.2) is 11.1 Å². The smallest absolute Gasteiger partial charge is 0.160 e. The zero-order chi connectivity index (χ0) is 19.0. The van der Waals surface area contributed by atoms with E-state index in [1.807, 2.05) is 0 Å². The minimum atomic E-state index is -0.376. The fourth-order valence-electron chi connectivity index (χ4n) is 4.95. The molecule has 0 radical (unpaired) electrons. The van der Waals surface area contributed by atoms with Gasteiger partial charge in [-0.1, -0.05) is 25.0 Å². The van der Waals surface area contributed by atoms with Crippen molar-refractivity contribution < 1.29 is 9.63 Å². The van der Waals surface area contributed by atoms with E-state index in [-0.39, 0.29) is 28.4 Å². The molecule has 2 rings (SSSR count). The van der Waals surface area contributed by atoms with Gasteiger partial charge >= 0.3 is 0 Å². The van der Waals surface area contributed by atoms with Crippen LogP contribution in [0.2, 0.25) is 0 Å². The van der Waals surface area contributed by atoms with Gasteiger partial charge in [-0.15, -0.1) is 0 Å². The summed E-state index contributed by atoms with van der Waals surface area (Å²) in [5.41, 5.74) is 2.99. The van der Waals surface area contributed by atoms with Gasteiger partial charge in [0, 0.05) is 17.5 Å². The lowest BCUT2D eigenvalue weighted by Gasteiger charge is -2.52. The largest absolute Gasteiger partial charge is 0.297 e. The summed E-state index contributed by atoms with van der Waals surface area (Å²) in [5, 5.41) is 2.14. The first-order chi connectivity index (χ1) is 11.4. The maximum Gasteiger partial charge on any atom is 0.160 e. The summed E-state index contributed by atoms with van der Waals surface area (Å²) in [5.74, 6) is 0.138. The number of carbonyl (C=O) groups excluding carboxylic acids is 1. The summed E-state index contributed by atoms with van der Waals surface area (Å²) in [7, 11) is 0. The predicted molar refractivity (Wildman–Crippen MR) is 104 cm³/mol. The van der Waals surface area contributed by atoms with Gasteiger partial charge in [-0.3, -0.25) is 9.63 Å². The molecule has 0 spiro atoms. The van der Waals surface area contributed by atoms with Gasteiger partial charge in [0.05, 0.1) is 0 Å². The van der Waals surface area contributed by atoms with Gasteiger partial charge in [-0.25, -0.2) is 0 Å². The summed E-state index contributed by atoms with van der Waals surface area (Å²) in [6.07, 6.45) is 7.38. The van der Waals surface area contributed by atoms with E-state index in [1.54, 1.807) is 6.92 Å². The van der Waals surface area contributed by atoms with Gasteiger partial charge in [-0.05, 0) is 85.5 Å². The molecule has 1 aliphatic heterocycles. The number of piperidine rings is 1. The topological polar surface area (TPSA) is 29.5 Å². The Morgan fingerprint density at radius 1 is 1.04 bits per heavy atom. The molecule has 0 N–H and O–H groups in total. The van der Waals surface area contributed by atoms with Crippen molar-refractivity contribution in [3.05, 3.63) is 11.1 Å². The van der Waals surface area contributed by atoms with Crippen molar-refractivity contribution in [3.8, 4) is 0 Å². The highest BCUT2D eigenvalue weighted by molar-refractivity contribution is 5.80. The van der Waals surface area contributed by atoms with Crippen LogP contribution in [-0.2, 0) is 9.63 Å².